The number of carbonyl (C=O) groups excluding carboxylic acids is 3. The third-order valence-electron chi connectivity index (χ3n) is 7.52. The quantitative estimate of drug-likeness (QED) is 0.0850. The van der Waals surface area contributed by atoms with Crippen molar-refractivity contribution in [3.05, 3.63) is 56.7 Å². The van der Waals surface area contributed by atoms with E-state index in [1.54, 1.807) is 6.92 Å². The van der Waals surface area contributed by atoms with Crippen LogP contribution in [0.2, 0.25) is 0 Å². The molecular formula is C28H37N2O9PS. The molecule has 2 aliphatic carbocycles. The molecule has 41 heavy (non-hydrogen) atoms. The molecule has 2 unspecified atom stereocenters. The summed E-state index contributed by atoms with van der Waals surface area (Å²) in [6.07, 6.45) is 5.28. The molecular weight excluding hydrogens is 571 g/mol. The van der Waals surface area contributed by atoms with Crippen LogP contribution in [0.25, 0.3) is 0 Å². The van der Waals surface area contributed by atoms with Gasteiger partial charge in [0.2, 0.25) is 0 Å². The van der Waals surface area contributed by atoms with Crippen molar-refractivity contribution >= 4 is 42.0 Å². The Labute approximate surface area is 245 Å². The SMILES string of the molecule is CC(C)=CC1C(C(=O)OCN2C(=O)C3=C(CCCC3)C2=O)C1(C)C.COP(=S)(OC)Oc1ccc([N+](=O)[O-])c(C)c1. The number of hydrogen-bond acceptors (Lipinski definition) is 10. The molecule has 2 amide bonds. The van der Waals surface area contributed by atoms with Crippen molar-refractivity contribution in [2.75, 3.05) is 21.0 Å². The molecule has 11 nitrogen and oxygen atoms in total. The smallest absolute Gasteiger partial charge is 0.380 e. The Morgan fingerprint density at radius 1 is 1.15 bits per heavy atom. The second kappa shape index (κ2) is 12.9. The number of rotatable bonds is 9. The van der Waals surface area contributed by atoms with Crippen LogP contribution in [-0.2, 0) is 40.0 Å². The Kier molecular flexibility index (Phi) is 10.3. The van der Waals surface area contributed by atoms with Gasteiger partial charge in [0.15, 0.2) is 6.73 Å². The van der Waals surface area contributed by atoms with Gasteiger partial charge in [-0.3, -0.25) is 24.5 Å². The van der Waals surface area contributed by atoms with Gasteiger partial charge in [0.05, 0.1) is 10.8 Å². The zero-order valence-electron chi connectivity index (χ0n) is 24.4. The van der Waals surface area contributed by atoms with Crippen LogP contribution in [0.3, 0.4) is 0 Å². The lowest BCUT2D eigenvalue weighted by Crippen LogP contribution is -2.35. The summed E-state index contributed by atoms with van der Waals surface area (Å²) in [5.41, 5.74) is 2.80. The van der Waals surface area contributed by atoms with Gasteiger partial charge in [0.25, 0.3) is 17.5 Å². The summed E-state index contributed by atoms with van der Waals surface area (Å²) in [6, 6.07) is 4.34. The van der Waals surface area contributed by atoms with E-state index in [0.717, 1.165) is 17.7 Å². The molecule has 0 aromatic heterocycles. The highest BCUT2D eigenvalue weighted by Crippen LogP contribution is 2.59. The topological polar surface area (TPSA) is 135 Å². The molecule has 0 saturated heterocycles. The Bertz CT molecular complexity index is 1310. The first-order valence-corrected chi connectivity index (χ1v) is 15.8. The first-order chi connectivity index (χ1) is 19.2. The van der Waals surface area contributed by atoms with Gasteiger partial charge < -0.3 is 18.3 Å². The molecule has 0 spiro atoms. The van der Waals surface area contributed by atoms with Gasteiger partial charge in [0.1, 0.15) is 5.75 Å². The lowest BCUT2D eigenvalue weighted by molar-refractivity contribution is -0.385. The maximum atomic E-state index is 12.4. The van der Waals surface area contributed by atoms with Gasteiger partial charge >= 0.3 is 12.7 Å². The average Bonchev–Trinajstić information content (AvgIpc) is 3.36. The summed E-state index contributed by atoms with van der Waals surface area (Å²) < 4.78 is 20.6. The summed E-state index contributed by atoms with van der Waals surface area (Å²) in [5.74, 6) is -0.543. The molecule has 1 fully saturated rings. The van der Waals surface area contributed by atoms with Gasteiger partial charge in [-0.25, -0.2) is 4.90 Å². The molecule has 1 aliphatic heterocycles. The molecule has 224 valence electrons. The van der Waals surface area contributed by atoms with Gasteiger partial charge in [-0.1, -0.05) is 25.5 Å². The number of hydrogen-bond donors (Lipinski definition) is 0. The third-order valence-corrected chi connectivity index (χ3v) is 9.96. The molecule has 3 aliphatic rings. The zero-order chi connectivity index (χ0) is 30.7. The van der Waals surface area contributed by atoms with E-state index in [-0.39, 0.29) is 47.5 Å². The Balaban J connectivity index is 0.000000241. The maximum Gasteiger partial charge on any atom is 0.380 e. The minimum Gasteiger partial charge on any atom is -0.443 e. The van der Waals surface area contributed by atoms with Crippen LogP contribution in [-0.4, -0.2) is 48.6 Å². The lowest BCUT2D eigenvalue weighted by Gasteiger charge is -2.18. The van der Waals surface area contributed by atoms with Crippen LogP contribution in [0.5, 0.6) is 5.75 Å². The lowest BCUT2D eigenvalue weighted by atomic mass is 9.93. The van der Waals surface area contributed by atoms with Crippen LogP contribution >= 0.6 is 6.72 Å². The van der Waals surface area contributed by atoms with E-state index in [1.807, 2.05) is 27.7 Å². The van der Waals surface area contributed by atoms with Crippen molar-refractivity contribution in [2.24, 2.45) is 17.3 Å². The van der Waals surface area contributed by atoms with E-state index in [4.69, 9.17) is 30.1 Å². The molecule has 1 aromatic carbocycles. The number of esters is 1. The predicted molar refractivity (Wildman–Crippen MR) is 155 cm³/mol. The first-order valence-electron chi connectivity index (χ1n) is 13.2. The third kappa shape index (κ3) is 7.30. The van der Waals surface area contributed by atoms with Gasteiger partial charge in [-0.15, -0.1) is 0 Å². The molecule has 13 heteroatoms. The molecule has 1 saturated carbocycles. The van der Waals surface area contributed by atoms with E-state index >= 15 is 0 Å². The largest absolute Gasteiger partial charge is 0.443 e. The second-order valence-corrected chi connectivity index (χ2v) is 14.1. The number of aryl methyl sites for hydroxylation is 1. The highest BCUT2D eigenvalue weighted by molar-refractivity contribution is 8.07. The molecule has 2 atom stereocenters. The minimum absolute atomic E-state index is 0.0282. The Morgan fingerprint density at radius 3 is 2.17 bits per heavy atom. The standard InChI is InChI=1S/C19H25NO4.C9H12NO5PS/c1-11(2)9-14-15(19(14,3)4)18(23)24-10-20-16(21)12-7-5-6-8-13(12)17(20)22;1-7-6-8(4-5-9(7)10(11)12)15-16(17,13-2)14-3/h9,14-15H,5-8,10H2,1-4H3;4-6H,1-3H3. The maximum absolute atomic E-state index is 12.4. The van der Waals surface area contributed by atoms with Crippen molar-refractivity contribution in [3.63, 3.8) is 0 Å². The number of ether oxygens (including phenoxy) is 1. The highest BCUT2D eigenvalue weighted by atomic mass is 32.5. The number of benzene rings is 1. The van der Waals surface area contributed by atoms with Crippen molar-refractivity contribution in [1.29, 1.82) is 0 Å². The van der Waals surface area contributed by atoms with Gasteiger partial charge in [-0.05, 0) is 69.9 Å². The highest BCUT2D eigenvalue weighted by Gasteiger charge is 2.61. The van der Waals surface area contributed by atoms with E-state index in [2.05, 4.69) is 6.08 Å². The van der Waals surface area contributed by atoms with Crippen LogP contribution in [0, 0.1) is 34.3 Å². The van der Waals surface area contributed by atoms with Crippen LogP contribution in [0.4, 0.5) is 5.69 Å². The summed E-state index contributed by atoms with van der Waals surface area (Å²) in [6.45, 7) is 6.65. The van der Waals surface area contributed by atoms with Crippen LogP contribution < -0.4 is 4.52 Å². The van der Waals surface area contributed by atoms with E-state index < -0.39 is 11.6 Å². The molecule has 1 heterocycles. The number of nitro groups is 1. The number of nitro benzene ring substituents is 1. The molecule has 0 radical (unpaired) electrons. The van der Waals surface area contributed by atoms with E-state index in [1.165, 1.54) is 38.0 Å². The number of amides is 2. The number of imide groups is 1. The van der Waals surface area contributed by atoms with E-state index in [9.17, 15) is 24.5 Å². The van der Waals surface area contributed by atoms with Gasteiger partial charge in [-0.2, -0.15) is 0 Å². The Hall–Kier alpha value is -2.92. The number of carbonyl (C=O) groups is 3. The van der Waals surface area contributed by atoms with Crippen LogP contribution in [0.15, 0.2) is 41.0 Å². The number of allylic oxidation sites excluding steroid dienone is 2. The second-order valence-electron chi connectivity index (χ2n) is 11.0. The normalized spacial score (nSPS) is 21.0. The molecule has 0 bridgehead atoms. The monoisotopic (exact) mass is 608 g/mol. The molecule has 1 aromatic rings. The summed E-state index contributed by atoms with van der Waals surface area (Å²) in [4.78, 5) is 48.3. The summed E-state index contributed by atoms with van der Waals surface area (Å²) in [7, 11) is 2.78. The van der Waals surface area contributed by atoms with Crippen molar-refractivity contribution < 1.29 is 37.6 Å². The average molecular weight is 609 g/mol. The fraction of sp³-hybridized carbons (Fsp3) is 0.536. The molecule has 4 rings (SSSR count). The van der Waals surface area contributed by atoms with Crippen molar-refractivity contribution in [1.82, 2.24) is 4.90 Å². The van der Waals surface area contributed by atoms with Crippen molar-refractivity contribution in [2.45, 2.75) is 60.3 Å². The predicted octanol–water partition coefficient (Wildman–Crippen LogP) is 5.76. The zero-order valence-corrected chi connectivity index (χ0v) is 26.1. The Morgan fingerprint density at radius 2 is 1.71 bits per heavy atom. The fourth-order valence-corrected chi connectivity index (χ4v) is 6.02. The fourth-order valence-electron chi connectivity index (χ4n) is 5.10. The summed E-state index contributed by atoms with van der Waals surface area (Å²) in [5, 5.41) is 10.6. The summed E-state index contributed by atoms with van der Waals surface area (Å²) >= 11 is 5.02. The number of nitrogens with zero attached hydrogens (tertiary/aromatic N) is 2. The van der Waals surface area contributed by atoms with Crippen LogP contribution in [0.1, 0.15) is 58.9 Å². The van der Waals surface area contributed by atoms with Crippen molar-refractivity contribution in [3.8, 4) is 5.75 Å². The molecule has 0 N–H and O–H groups in total. The van der Waals surface area contributed by atoms with E-state index in [0.29, 0.717) is 35.3 Å². The van der Waals surface area contributed by atoms with Gasteiger partial charge in [0, 0.05) is 48.8 Å². The first kappa shape index (κ1) is 32.6. The minimum atomic E-state index is -2.80.